The molecule has 1 aromatic heterocycles. The number of aryl methyl sites for hydroxylation is 2. The van der Waals surface area contributed by atoms with E-state index in [1.807, 2.05) is 61.9 Å². The van der Waals surface area contributed by atoms with E-state index in [1.165, 1.54) is 7.11 Å². The standard InChI is InChI=1S/C18H27N3O3S/c1-6-14-9-10-17(24-5)18(12-14)25(22,23)19-13-16(20(2)3)15-8-7-11-21(15)4/h7-12,16,19H,6,13H2,1-5H3. The van der Waals surface area contributed by atoms with Crippen LogP contribution in [0.1, 0.15) is 24.2 Å². The van der Waals surface area contributed by atoms with Crippen LogP contribution in [0.5, 0.6) is 5.75 Å². The van der Waals surface area contributed by atoms with Crippen LogP contribution in [0.15, 0.2) is 41.4 Å². The van der Waals surface area contributed by atoms with Crippen molar-refractivity contribution in [2.45, 2.75) is 24.3 Å². The number of hydrogen-bond donors (Lipinski definition) is 1. The molecule has 0 amide bonds. The Morgan fingerprint density at radius 2 is 2.00 bits per heavy atom. The van der Waals surface area contributed by atoms with Crippen molar-refractivity contribution in [2.24, 2.45) is 7.05 Å². The normalized spacial score (nSPS) is 13.2. The first-order chi connectivity index (χ1) is 11.8. The Bertz CT molecular complexity index is 813. The lowest BCUT2D eigenvalue weighted by Gasteiger charge is -2.25. The van der Waals surface area contributed by atoms with E-state index in [4.69, 9.17) is 4.74 Å². The summed E-state index contributed by atoms with van der Waals surface area (Å²) in [6.45, 7) is 2.26. The molecule has 0 aliphatic heterocycles. The van der Waals surface area contributed by atoms with Gasteiger partial charge in [0.25, 0.3) is 0 Å². The Kier molecular flexibility index (Phi) is 6.26. The summed E-state index contributed by atoms with van der Waals surface area (Å²) >= 11 is 0. The molecule has 0 bridgehead atoms. The Morgan fingerprint density at radius 3 is 2.52 bits per heavy atom. The van der Waals surface area contributed by atoms with Crippen molar-refractivity contribution in [1.29, 1.82) is 0 Å². The number of ether oxygens (including phenoxy) is 1. The Hall–Kier alpha value is -1.83. The van der Waals surface area contributed by atoms with Crippen molar-refractivity contribution in [3.8, 4) is 5.75 Å². The molecule has 1 N–H and O–H groups in total. The zero-order chi connectivity index (χ0) is 18.6. The van der Waals surface area contributed by atoms with E-state index in [9.17, 15) is 8.42 Å². The molecular weight excluding hydrogens is 338 g/mol. The highest BCUT2D eigenvalue weighted by Crippen LogP contribution is 2.26. The average molecular weight is 365 g/mol. The van der Waals surface area contributed by atoms with Gasteiger partial charge in [-0.3, -0.25) is 4.90 Å². The van der Waals surface area contributed by atoms with Gasteiger partial charge >= 0.3 is 0 Å². The zero-order valence-electron chi connectivity index (χ0n) is 15.5. The van der Waals surface area contributed by atoms with Crippen LogP contribution in [0.3, 0.4) is 0 Å². The van der Waals surface area contributed by atoms with E-state index in [2.05, 4.69) is 4.72 Å². The van der Waals surface area contributed by atoms with Gasteiger partial charge in [0, 0.05) is 25.5 Å². The molecule has 0 aliphatic rings. The highest BCUT2D eigenvalue weighted by molar-refractivity contribution is 7.89. The van der Waals surface area contributed by atoms with E-state index < -0.39 is 10.0 Å². The molecule has 0 saturated heterocycles. The van der Waals surface area contributed by atoms with Gasteiger partial charge < -0.3 is 9.30 Å². The topological polar surface area (TPSA) is 63.6 Å². The Labute approximate surface area is 150 Å². The van der Waals surface area contributed by atoms with Crippen LogP contribution < -0.4 is 9.46 Å². The molecule has 0 spiro atoms. The summed E-state index contributed by atoms with van der Waals surface area (Å²) in [5.41, 5.74) is 2.00. The zero-order valence-corrected chi connectivity index (χ0v) is 16.3. The van der Waals surface area contributed by atoms with Crippen LogP contribution in [0.2, 0.25) is 0 Å². The summed E-state index contributed by atoms with van der Waals surface area (Å²) in [6.07, 6.45) is 2.71. The summed E-state index contributed by atoms with van der Waals surface area (Å²) in [7, 11) is 3.62. The molecular formula is C18H27N3O3S. The fourth-order valence-corrected chi connectivity index (χ4v) is 4.05. The molecule has 1 aromatic carbocycles. The molecule has 1 atom stereocenters. The smallest absolute Gasteiger partial charge is 0.244 e. The monoisotopic (exact) mass is 365 g/mol. The molecule has 25 heavy (non-hydrogen) atoms. The summed E-state index contributed by atoms with van der Waals surface area (Å²) in [5, 5.41) is 0. The summed E-state index contributed by atoms with van der Waals surface area (Å²) in [4.78, 5) is 2.18. The predicted molar refractivity (Wildman–Crippen MR) is 99.4 cm³/mol. The molecule has 138 valence electrons. The van der Waals surface area contributed by atoms with Gasteiger partial charge in [-0.05, 0) is 50.3 Å². The van der Waals surface area contributed by atoms with Gasteiger partial charge in [0.15, 0.2) is 0 Å². The van der Waals surface area contributed by atoms with Gasteiger partial charge in [0.2, 0.25) is 10.0 Å². The van der Waals surface area contributed by atoms with Crippen LogP contribution in [-0.2, 0) is 23.5 Å². The predicted octanol–water partition coefficient (Wildman–Crippen LogP) is 2.18. The molecule has 2 rings (SSSR count). The van der Waals surface area contributed by atoms with E-state index in [0.29, 0.717) is 5.75 Å². The molecule has 6 nitrogen and oxygen atoms in total. The number of rotatable bonds is 8. The van der Waals surface area contributed by atoms with Crippen LogP contribution in [0.4, 0.5) is 0 Å². The second-order valence-electron chi connectivity index (χ2n) is 6.21. The van der Waals surface area contributed by atoms with Gasteiger partial charge in [-0.25, -0.2) is 13.1 Å². The lowest BCUT2D eigenvalue weighted by Crippen LogP contribution is -2.35. The van der Waals surface area contributed by atoms with Crippen molar-refractivity contribution in [3.05, 3.63) is 47.8 Å². The lowest BCUT2D eigenvalue weighted by molar-refractivity contribution is 0.289. The van der Waals surface area contributed by atoms with E-state index in [1.54, 1.807) is 12.1 Å². The van der Waals surface area contributed by atoms with Gasteiger partial charge in [-0.2, -0.15) is 0 Å². The summed E-state index contributed by atoms with van der Waals surface area (Å²) < 4.78 is 35.7. The summed E-state index contributed by atoms with van der Waals surface area (Å²) in [5.74, 6) is 0.352. The maximum absolute atomic E-state index is 12.8. The second-order valence-corrected chi connectivity index (χ2v) is 7.95. The number of benzene rings is 1. The summed E-state index contributed by atoms with van der Waals surface area (Å²) in [6, 6.07) is 9.13. The SMILES string of the molecule is CCc1ccc(OC)c(S(=O)(=O)NCC(c2cccn2C)N(C)C)c1. The van der Waals surface area contributed by atoms with Crippen LogP contribution >= 0.6 is 0 Å². The van der Waals surface area contributed by atoms with Crippen molar-refractivity contribution in [2.75, 3.05) is 27.7 Å². The van der Waals surface area contributed by atoms with Crippen LogP contribution in [0.25, 0.3) is 0 Å². The van der Waals surface area contributed by atoms with Crippen molar-refractivity contribution < 1.29 is 13.2 Å². The van der Waals surface area contributed by atoms with Crippen molar-refractivity contribution in [3.63, 3.8) is 0 Å². The van der Waals surface area contributed by atoms with Gasteiger partial charge in [-0.15, -0.1) is 0 Å². The van der Waals surface area contributed by atoms with Gasteiger partial charge in [-0.1, -0.05) is 13.0 Å². The Balaban J connectivity index is 2.28. The number of sulfonamides is 1. The quantitative estimate of drug-likeness (QED) is 0.779. The third-order valence-corrected chi connectivity index (χ3v) is 5.79. The van der Waals surface area contributed by atoms with Crippen molar-refractivity contribution >= 4 is 10.0 Å². The van der Waals surface area contributed by atoms with Crippen LogP contribution in [0, 0.1) is 0 Å². The number of nitrogens with one attached hydrogen (secondary N) is 1. The van der Waals surface area contributed by atoms with E-state index >= 15 is 0 Å². The minimum Gasteiger partial charge on any atom is -0.495 e. The minimum absolute atomic E-state index is 0.0740. The first-order valence-corrected chi connectivity index (χ1v) is 9.72. The fraction of sp³-hybridized carbons (Fsp3) is 0.444. The van der Waals surface area contributed by atoms with Gasteiger partial charge in [0.1, 0.15) is 10.6 Å². The number of methoxy groups -OCH3 is 1. The molecule has 0 saturated carbocycles. The number of hydrogen-bond acceptors (Lipinski definition) is 4. The minimum atomic E-state index is -3.68. The molecule has 0 aliphatic carbocycles. The lowest BCUT2D eigenvalue weighted by atomic mass is 10.2. The third-order valence-electron chi connectivity index (χ3n) is 4.34. The highest BCUT2D eigenvalue weighted by atomic mass is 32.2. The Morgan fingerprint density at radius 1 is 1.28 bits per heavy atom. The van der Waals surface area contributed by atoms with Gasteiger partial charge in [0.05, 0.1) is 13.2 Å². The first kappa shape index (κ1) is 19.5. The van der Waals surface area contributed by atoms with E-state index in [0.717, 1.165) is 17.7 Å². The molecule has 0 radical (unpaired) electrons. The maximum Gasteiger partial charge on any atom is 0.244 e. The van der Waals surface area contributed by atoms with Crippen LogP contribution in [-0.4, -0.2) is 45.6 Å². The number of nitrogens with zero attached hydrogens (tertiary/aromatic N) is 2. The van der Waals surface area contributed by atoms with Crippen molar-refractivity contribution in [1.82, 2.24) is 14.2 Å². The number of aromatic nitrogens is 1. The van der Waals surface area contributed by atoms with E-state index in [-0.39, 0.29) is 17.5 Å². The maximum atomic E-state index is 12.8. The second kappa shape index (κ2) is 8.03. The molecule has 2 aromatic rings. The fourth-order valence-electron chi connectivity index (χ4n) is 2.79. The molecule has 1 unspecified atom stereocenters. The molecule has 7 heteroatoms. The average Bonchev–Trinajstić information content (AvgIpc) is 3.00. The molecule has 0 fully saturated rings. The third kappa shape index (κ3) is 4.42. The first-order valence-electron chi connectivity index (χ1n) is 8.24. The number of likely N-dealkylation sites (N-methyl/N-ethyl adjacent to an activating group) is 1. The highest BCUT2D eigenvalue weighted by Gasteiger charge is 2.24. The molecule has 1 heterocycles. The largest absolute Gasteiger partial charge is 0.495 e.